The lowest BCUT2D eigenvalue weighted by atomic mass is 10.0. The van der Waals surface area contributed by atoms with Gasteiger partial charge in [0.1, 0.15) is 5.75 Å². The zero-order chi connectivity index (χ0) is 15.8. The lowest BCUT2D eigenvalue weighted by molar-refractivity contribution is 0.0357. The molecule has 1 fully saturated rings. The van der Waals surface area contributed by atoms with Crippen molar-refractivity contribution in [1.29, 1.82) is 0 Å². The van der Waals surface area contributed by atoms with Gasteiger partial charge >= 0.3 is 0 Å². The minimum absolute atomic E-state index is 0.783. The first-order valence-electron chi connectivity index (χ1n) is 8.39. The summed E-state index contributed by atoms with van der Waals surface area (Å²) in [6.07, 6.45) is 2.12. The van der Waals surface area contributed by atoms with Crippen LogP contribution >= 0.6 is 0 Å². The number of aryl methyl sites for hydroxylation is 1. The number of ether oxygens (including phenoxy) is 2. The van der Waals surface area contributed by atoms with Crippen LogP contribution in [0.15, 0.2) is 18.2 Å². The average Bonchev–Trinajstić information content (AvgIpc) is 2.53. The van der Waals surface area contributed by atoms with Crippen LogP contribution in [0.4, 0.5) is 0 Å². The first-order valence-corrected chi connectivity index (χ1v) is 8.39. The van der Waals surface area contributed by atoms with Crippen LogP contribution in [0.25, 0.3) is 0 Å². The highest BCUT2D eigenvalue weighted by molar-refractivity contribution is 5.40. The van der Waals surface area contributed by atoms with Gasteiger partial charge in [-0.2, -0.15) is 0 Å². The molecule has 22 heavy (non-hydrogen) atoms. The van der Waals surface area contributed by atoms with Gasteiger partial charge in [-0.15, -0.1) is 0 Å². The molecule has 1 aliphatic rings. The maximum Gasteiger partial charge on any atom is 0.124 e. The van der Waals surface area contributed by atoms with E-state index in [9.17, 15) is 0 Å². The molecule has 1 heterocycles. The van der Waals surface area contributed by atoms with E-state index in [1.54, 1.807) is 0 Å². The van der Waals surface area contributed by atoms with Crippen LogP contribution in [0.2, 0.25) is 0 Å². The van der Waals surface area contributed by atoms with Crippen LogP contribution in [-0.2, 0) is 17.7 Å². The summed E-state index contributed by atoms with van der Waals surface area (Å²) in [6, 6.07) is 6.42. The van der Waals surface area contributed by atoms with Gasteiger partial charge in [-0.1, -0.05) is 19.1 Å². The zero-order valence-electron chi connectivity index (χ0n) is 14.3. The summed E-state index contributed by atoms with van der Waals surface area (Å²) >= 11 is 0. The van der Waals surface area contributed by atoms with Crippen molar-refractivity contribution >= 4 is 0 Å². The summed E-state index contributed by atoms with van der Waals surface area (Å²) < 4.78 is 11.5. The summed E-state index contributed by atoms with van der Waals surface area (Å²) in [5.41, 5.74) is 2.72. The van der Waals surface area contributed by atoms with E-state index in [-0.39, 0.29) is 0 Å². The number of hydrogen-bond acceptors (Lipinski definition) is 4. The lowest BCUT2D eigenvalue weighted by Crippen LogP contribution is -2.37. The Morgan fingerprint density at radius 3 is 2.68 bits per heavy atom. The van der Waals surface area contributed by atoms with Gasteiger partial charge in [0.2, 0.25) is 0 Å². The standard InChI is InChI=1S/C18H30N2O2/c1-4-16-7-5-8-18(17(16)15-19(2)3)22-12-6-9-20-10-13-21-14-11-20/h5,7-8H,4,6,9-15H2,1-3H3. The molecule has 0 spiro atoms. The third-order valence-corrected chi connectivity index (χ3v) is 4.07. The zero-order valence-corrected chi connectivity index (χ0v) is 14.3. The number of benzene rings is 1. The second-order valence-electron chi connectivity index (χ2n) is 6.14. The van der Waals surface area contributed by atoms with Gasteiger partial charge in [0.05, 0.1) is 19.8 Å². The molecule has 1 saturated heterocycles. The summed E-state index contributed by atoms with van der Waals surface area (Å²) in [5, 5.41) is 0. The minimum Gasteiger partial charge on any atom is -0.493 e. The van der Waals surface area contributed by atoms with Crippen molar-refractivity contribution in [1.82, 2.24) is 9.80 Å². The Labute approximate surface area is 135 Å². The monoisotopic (exact) mass is 306 g/mol. The fourth-order valence-corrected chi connectivity index (χ4v) is 2.87. The van der Waals surface area contributed by atoms with Gasteiger partial charge in [0.15, 0.2) is 0 Å². The largest absolute Gasteiger partial charge is 0.493 e. The molecular formula is C18H30N2O2. The quantitative estimate of drug-likeness (QED) is 0.689. The highest BCUT2D eigenvalue weighted by Gasteiger charge is 2.11. The van der Waals surface area contributed by atoms with E-state index in [4.69, 9.17) is 9.47 Å². The Bertz CT molecular complexity index is 443. The van der Waals surface area contributed by atoms with Gasteiger partial charge in [0, 0.05) is 31.7 Å². The summed E-state index contributed by atoms with van der Waals surface area (Å²) in [6.45, 7) is 8.86. The van der Waals surface area contributed by atoms with Crippen LogP contribution in [-0.4, -0.2) is 63.4 Å². The van der Waals surface area contributed by atoms with E-state index in [0.717, 1.165) is 64.6 Å². The molecule has 124 valence electrons. The smallest absolute Gasteiger partial charge is 0.124 e. The first kappa shape index (κ1) is 17.3. The van der Waals surface area contributed by atoms with E-state index in [2.05, 4.69) is 49.0 Å². The van der Waals surface area contributed by atoms with Crippen molar-refractivity contribution < 1.29 is 9.47 Å². The molecule has 0 bridgehead atoms. The van der Waals surface area contributed by atoms with Crippen LogP contribution in [0.5, 0.6) is 5.75 Å². The Balaban J connectivity index is 1.85. The normalized spacial score (nSPS) is 16.2. The van der Waals surface area contributed by atoms with Crippen LogP contribution in [0.3, 0.4) is 0 Å². The van der Waals surface area contributed by atoms with E-state index in [1.165, 1.54) is 11.1 Å². The summed E-state index contributed by atoms with van der Waals surface area (Å²) in [7, 11) is 4.21. The second-order valence-corrected chi connectivity index (χ2v) is 6.14. The van der Waals surface area contributed by atoms with Crippen molar-refractivity contribution in [2.45, 2.75) is 26.3 Å². The highest BCUT2D eigenvalue weighted by Crippen LogP contribution is 2.24. The molecular weight excluding hydrogens is 276 g/mol. The van der Waals surface area contributed by atoms with E-state index >= 15 is 0 Å². The number of morpholine rings is 1. The van der Waals surface area contributed by atoms with Gasteiger partial charge in [-0.05, 0) is 38.6 Å². The lowest BCUT2D eigenvalue weighted by Gasteiger charge is -2.26. The molecule has 1 aromatic rings. The maximum absolute atomic E-state index is 6.09. The molecule has 1 aliphatic heterocycles. The first-order chi connectivity index (χ1) is 10.7. The second kappa shape index (κ2) is 9.13. The van der Waals surface area contributed by atoms with Crippen molar-refractivity contribution in [2.75, 3.05) is 53.6 Å². The molecule has 4 nitrogen and oxygen atoms in total. The van der Waals surface area contributed by atoms with Crippen molar-refractivity contribution in [3.8, 4) is 5.75 Å². The molecule has 2 rings (SSSR count). The van der Waals surface area contributed by atoms with Crippen LogP contribution in [0, 0.1) is 0 Å². The average molecular weight is 306 g/mol. The summed E-state index contributed by atoms with van der Waals surface area (Å²) in [4.78, 5) is 4.66. The molecule has 0 saturated carbocycles. The molecule has 0 atom stereocenters. The van der Waals surface area contributed by atoms with Gasteiger partial charge in [0.25, 0.3) is 0 Å². The number of rotatable bonds is 8. The molecule has 4 heteroatoms. The molecule has 0 N–H and O–H groups in total. The molecule has 0 aliphatic carbocycles. The van der Waals surface area contributed by atoms with Crippen molar-refractivity contribution in [3.05, 3.63) is 29.3 Å². The third-order valence-electron chi connectivity index (χ3n) is 4.07. The molecule has 1 aromatic carbocycles. The Kier molecular flexibility index (Phi) is 7.16. The van der Waals surface area contributed by atoms with E-state index in [0.29, 0.717) is 0 Å². The van der Waals surface area contributed by atoms with Crippen molar-refractivity contribution in [3.63, 3.8) is 0 Å². The SMILES string of the molecule is CCc1cccc(OCCCN2CCOCC2)c1CN(C)C. The van der Waals surface area contributed by atoms with Crippen molar-refractivity contribution in [2.24, 2.45) is 0 Å². The fraction of sp³-hybridized carbons (Fsp3) is 0.667. The Hall–Kier alpha value is -1.10. The maximum atomic E-state index is 6.09. The third kappa shape index (κ3) is 5.27. The molecule has 0 amide bonds. The molecule has 0 aromatic heterocycles. The van der Waals surface area contributed by atoms with Crippen LogP contribution in [0.1, 0.15) is 24.5 Å². The van der Waals surface area contributed by atoms with Gasteiger partial charge < -0.3 is 14.4 Å². The van der Waals surface area contributed by atoms with Gasteiger partial charge in [-0.3, -0.25) is 4.90 Å². The van der Waals surface area contributed by atoms with E-state index in [1.807, 2.05) is 0 Å². The Morgan fingerprint density at radius 1 is 1.23 bits per heavy atom. The van der Waals surface area contributed by atoms with Crippen LogP contribution < -0.4 is 4.74 Å². The molecule has 0 unspecified atom stereocenters. The number of nitrogens with zero attached hydrogens (tertiary/aromatic N) is 2. The fourth-order valence-electron chi connectivity index (χ4n) is 2.87. The molecule has 0 radical (unpaired) electrons. The topological polar surface area (TPSA) is 24.9 Å². The predicted molar refractivity (Wildman–Crippen MR) is 90.6 cm³/mol. The highest BCUT2D eigenvalue weighted by atomic mass is 16.5. The van der Waals surface area contributed by atoms with Gasteiger partial charge in [-0.25, -0.2) is 0 Å². The summed E-state index contributed by atoms with van der Waals surface area (Å²) in [5.74, 6) is 1.05. The Morgan fingerprint density at radius 2 is 2.00 bits per heavy atom. The minimum atomic E-state index is 0.783. The number of hydrogen-bond donors (Lipinski definition) is 0. The van der Waals surface area contributed by atoms with E-state index < -0.39 is 0 Å². The predicted octanol–water partition coefficient (Wildman–Crippen LogP) is 2.41.